The van der Waals surface area contributed by atoms with E-state index in [4.69, 9.17) is 16.0 Å². The molecule has 1 atom stereocenters. The first-order valence-electron chi connectivity index (χ1n) is 12.0. The molecular weight excluding hydrogens is 538 g/mol. The highest BCUT2D eigenvalue weighted by molar-refractivity contribution is 7.07. The molecule has 8 nitrogen and oxygen atoms in total. The lowest BCUT2D eigenvalue weighted by Gasteiger charge is -2.25. The van der Waals surface area contributed by atoms with Gasteiger partial charge in [-0.2, -0.15) is 0 Å². The van der Waals surface area contributed by atoms with E-state index >= 15 is 0 Å². The number of hydrogen-bond donors (Lipinski definition) is 1. The molecular formula is C29H24ClN3O5S. The molecule has 1 N–H and O–H groups in total. The fourth-order valence-electron chi connectivity index (χ4n) is 4.60. The number of aromatic nitrogens is 1. The molecule has 0 saturated heterocycles. The fourth-order valence-corrected chi connectivity index (χ4v) is 5.82. The van der Waals surface area contributed by atoms with Crippen LogP contribution in [0.25, 0.3) is 17.4 Å². The second-order valence-electron chi connectivity index (χ2n) is 9.33. The Morgan fingerprint density at radius 3 is 2.49 bits per heavy atom. The molecule has 0 fully saturated rings. The van der Waals surface area contributed by atoms with Crippen LogP contribution in [-0.4, -0.2) is 35.5 Å². The molecule has 0 amide bonds. The van der Waals surface area contributed by atoms with Gasteiger partial charge in [0.25, 0.3) is 5.56 Å². The van der Waals surface area contributed by atoms with Crippen molar-refractivity contribution in [1.29, 1.82) is 0 Å². The van der Waals surface area contributed by atoms with Gasteiger partial charge in [0.15, 0.2) is 10.6 Å². The van der Waals surface area contributed by atoms with Crippen molar-refractivity contribution < 1.29 is 19.1 Å². The van der Waals surface area contributed by atoms with Crippen molar-refractivity contribution in [2.75, 3.05) is 19.0 Å². The van der Waals surface area contributed by atoms with Crippen LogP contribution in [-0.2, 0) is 4.79 Å². The number of furan rings is 1. The van der Waals surface area contributed by atoms with Crippen LogP contribution in [0.15, 0.2) is 80.1 Å². The number of ketones is 1. The fraction of sp³-hybridized carbons (Fsp3) is 0.172. The molecule has 0 spiro atoms. The number of benzene rings is 2. The Morgan fingerprint density at radius 2 is 1.85 bits per heavy atom. The number of fused-ring (bicyclic) bond motifs is 1. The molecule has 39 heavy (non-hydrogen) atoms. The summed E-state index contributed by atoms with van der Waals surface area (Å²) in [6.45, 7) is 3.27. The molecule has 1 aliphatic rings. The van der Waals surface area contributed by atoms with Gasteiger partial charge in [0, 0.05) is 42.7 Å². The molecule has 10 heteroatoms. The van der Waals surface area contributed by atoms with Gasteiger partial charge >= 0.3 is 5.97 Å². The van der Waals surface area contributed by atoms with E-state index in [1.807, 2.05) is 43.3 Å². The van der Waals surface area contributed by atoms with Crippen LogP contribution in [0.5, 0.6) is 0 Å². The number of rotatable bonds is 6. The summed E-state index contributed by atoms with van der Waals surface area (Å²) < 4.78 is 7.89. The highest BCUT2D eigenvalue weighted by Crippen LogP contribution is 2.31. The normalized spacial score (nSPS) is 15.2. The summed E-state index contributed by atoms with van der Waals surface area (Å²) in [4.78, 5) is 44.9. The van der Waals surface area contributed by atoms with Crippen molar-refractivity contribution in [3.8, 4) is 11.3 Å². The Kier molecular flexibility index (Phi) is 6.88. The summed E-state index contributed by atoms with van der Waals surface area (Å²) in [6, 6.07) is 15.2. The van der Waals surface area contributed by atoms with E-state index in [1.54, 1.807) is 35.8 Å². The highest BCUT2D eigenvalue weighted by atomic mass is 35.5. The quantitative estimate of drug-likeness (QED) is 0.371. The zero-order valence-electron chi connectivity index (χ0n) is 21.6. The molecule has 1 aliphatic heterocycles. The Hall–Kier alpha value is -4.21. The monoisotopic (exact) mass is 561 g/mol. The van der Waals surface area contributed by atoms with Crippen molar-refractivity contribution in [3.05, 3.63) is 107 Å². The molecule has 0 bridgehead atoms. The average Bonchev–Trinajstić information content (AvgIpc) is 3.47. The van der Waals surface area contributed by atoms with E-state index in [0.29, 0.717) is 37.7 Å². The van der Waals surface area contributed by atoms with Crippen LogP contribution >= 0.6 is 22.9 Å². The second kappa shape index (κ2) is 10.2. The maximum Gasteiger partial charge on any atom is 0.337 e. The molecule has 5 rings (SSSR count). The minimum Gasteiger partial charge on any atom is -0.478 e. The first-order valence-corrected chi connectivity index (χ1v) is 13.2. The third-order valence-electron chi connectivity index (χ3n) is 6.51. The van der Waals surface area contributed by atoms with Crippen LogP contribution < -0.4 is 19.8 Å². The maximum atomic E-state index is 13.7. The first kappa shape index (κ1) is 26.4. The Balaban J connectivity index is 1.60. The van der Waals surface area contributed by atoms with Crippen LogP contribution in [0.4, 0.5) is 5.69 Å². The van der Waals surface area contributed by atoms with E-state index in [-0.39, 0.29) is 21.9 Å². The lowest BCUT2D eigenvalue weighted by molar-refractivity contribution is -0.114. The Morgan fingerprint density at radius 1 is 1.13 bits per heavy atom. The molecule has 2 aromatic heterocycles. The van der Waals surface area contributed by atoms with Crippen LogP contribution in [0.1, 0.15) is 41.6 Å². The summed E-state index contributed by atoms with van der Waals surface area (Å²) in [5.41, 5.74) is 3.09. The van der Waals surface area contributed by atoms with E-state index in [1.165, 1.54) is 30.4 Å². The number of carbonyl (C=O) groups excluding carboxylic acids is 1. The summed E-state index contributed by atoms with van der Waals surface area (Å²) in [5.74, 6) is -0.439. The number of carboxylic acids is 1. The number of halogens is 1. The minimum atomic E-state index is -1.14. The Labute approximate surface area is 232 Å². The van der Waals surface area contributed by atoms with Crippen LogP contribution in [0.3, 0.4) is 0 Å². The number of thiazole rings is 1. The number of carboxylic acid groups (broad SMARTS) is 1. The van der Waals surface area contributed by atoms with Crippen molar-refractivity contribution in [3.63, 3.8) is 0 Å². The maximum absolute atomic E-state index is 13.7. The predicted molar refractivity (Wildman–Crippen MR) is 151 cm³/mol. The molecule has 3 heterocycles. The molecule has 0 aliphatic carbocycles. The van der Waals surface area contributed by atoms with Crippen LogP contribution in [0.2, 0.25) is 5.02 Å². The number of hydrogen-bond acceptors (Lipinski definition) is 7. The molecule has 0 radical (unpaired) electrons. The largest absolute Gasteiger partial charge is 0.478 e. The number of allylic oxidation sites excluding steroid dienone is 2. The molecule has 2 aromatic carbocycles. The molecule has 198 valence electrons. The van der Waals surface area contributed by atoms with Crippen molar-refractivity contribution in [2.24, 2.45) is 4.99 Å². The second-order valence-corrected chi connectivity index (χ2v) is 10.7. The summed E-state index contributed by atoms with van der Waals surface area (Å²) in [6.07, 6.45) is 1.63. The lowest BCUT2D eigenvalue weighted by Crippen LogP contribution is -2.39. The minimum absolute atomic E-state index is 0.0318. The third-order valence-corrected chi connectivity index (χ3v) is 7.82. The zero-order valence-corrected chi connectivity index (χ0v) is 23.1. The van der Waals surface area contributed by atoms with Crippen LogP contribution in [0, 0.1) is 0 Å². The van der Waals surface area contributed by atoms with Gasteiger partial charge in [0.2, 0.25) is 0 Å². The topological polar surface area (TPSA) is 105 Å². The molecule has 4 aromatic rings. The number of carbonyl (C=O) groups is 2. The first-order chi connectivity index (χ1) is 18.5. The van der Waals surface area contributed by atoms with Crippen molar-refractivity contribution in [2.45, 2.75) is 19.9 Å². The summed E-state index contributed by atoms with van der Waals surface area (Å²) in [5, 5.41) is 9.50. The number of aromatic carboxylic acids is 1. The van der Waals surface area contributed by atoms with E-state index < -0.39 is 12.0 Å². The summed E-state index contributed by atoms with van der Waals surface area (Å²) in [7, 11) is 3.89. The van der Waals surface area contributed by atoms with Crippen molar-refractivity contribution >= 4 is 46.5 Å². The third kappa shape index (κ3) is 4.86. The van der Waals surface area contributed by atoms with Crippen molar-refractivity contribution in [1.82, 2.24) is 4.57 Å². The predicted octanol–water partition coefficient (Wildman–Crippen LogP) is 4.50. The van der Waals surface area contributed by atoms with E-state index in [9.17, 15) is 19.5 Å². The molecule has 0 saturated carbocycles. The van der Waals surface area contributed by atoms with Gasteiger partial charge in [-0.15, -0.1) is 0 Å². The average molecular weight is 562 g/mol. The summed E-state index contributed by atoms with van der Waals surface area (Å²) >= 11 is 7.20. The smallest absolute Gasteiger partial charge is 0.337 e. The highest BCUT2D eigenvalue weighted by Gasteiger charge is 2.30. The van der Waals surface area contributed by atoms with E-state index in [0.717, 1.165) is 11.3 Å². The Bertz CT molecular complexity index is 1840. The van der Waals surface area contributed by atoms with Gasteiger partial charge in [-0.1, -0.05) is 35.1 Å². The number of Topliss-reactive ketones (excluding diaryl/α,β-unsaturated/α-hetero) is 1. The standard InChI is InChI=1S/C29H24ClN3O5S/c1-15-25(16(2)34)26(17-5-8-19(9-6-17)32(3)4)33-27(35)24(39-29(33)31-15)14-20-10-12-23(38-20)18-7-11-22(30)21(13-18)28(36)37/h5-14,26H,1-4H3,(H,36,37)/b24-14+/t26-/m0/s1. The van der Waals surface area contributed by atoms with Gasteiger partial charge in [-0.05, 0) is 61.9 Å². The van der Waals surface area contributed by atoms with Gasteiger partial charge in [-0.25, -0.2) is 9.79 Å². The van der Waals surface area contributed by atoms with Gasteiger partial charge in [-0.3, -0.25) is 14.2 Å². The van der Waals surface area contributed by atoms with Gasteiger partial charge in [0.05, 0.1) is 21.2 Å². The number of anilines is 1. The SMILES string of the molecule is CC(=O)C1=C(C)N=c2s/c(=C/c3ccc(-c4ccc(Cl)c(C(=O)O)c4)o3)c(=O)n2[C@H]1c1ccc(N(C)C)cc1. The van der Waals surface area contributed by atoms with Gasteiger partial charge in [0.1, 0.15) is 11.5 Å². The zero-order chi connectivity index (χ0) is 28.0. The molecule has 0 unspecified atom stereocenters. The number of nitrogens with zero attached hydrogens (tertiary/aromatic N) is 3. The van der Waals surface area contributed by atoms with E-state index in [2.05, 4.69) is 4.99 Å². The lowest BCUT2D eigenvalue weighted by atomic mass is 9.93. The van der Waals surface area contributed by atoms with Gasteiger partial charge < -0.3 is 14.4 Å².